The van der Waals surface area contributed by atoms with Crippen molar-refractivity contribution in [3.8, 4) is 0 Å². The molecule has 9 heavy (non-hydrogen) atoms. The quantitative estimate of drug-likeness (QED) is 0.412. The number of halogens is 1. The van der Waals surface area contributed by atoms with Gasteiger partial charge in [-0.05, 0) is 0 Å². The average Bonchev–Trinajstić information content (AvgIpc) is 2.03. The van der Waals surface area contributed by atoms with E-state index in [0.717, 1.165) is 0 Å². The third kappa shape index (κ3) is 134. The van der Waals surface area contributed by atoms with Crippen molar-refractivity contribution in [3.63, 3.8) is 0 Å². The van der Waals surface area contributed by atoms with E-state index in [1.165, 1.54) is 0 Å². The Labute approximate surface area is 58.3 Å². The minimum atomic E-state index is 0. The zero-order chi connectivity index (χ0) is 8.00. The SMILES string of the molecule is C=C.C=C.C=C.C=C.[F-]. The Morgan fingerprint density at radius 3 is 0.333 bits per heavy atom. The summed E-state index contributed by atoms with van der Waals surface area (Å²) >= 11 is 0. The van der Waals surface area contributed by atoms with Crippen molar-refractivity contribution in [2.45, 2.75) is 0 Å². The third-order valence-corrected chi connectivity index (χ3v) is 0. The Kier molecular flexibility index (Phi) is 967. The molecule has 0 fully saturated rings. The lowest BCUT2D eigenvalue weighted by Crippen LogP contribution is -3.00. The van der Waals surface area contributed by atoms with Crippen LogP contribution in [-0.4, -0.2) is 0 Å². The zero-order valence-electron chi connectivity index (χ0n) is 6.03. The summed E-state index contributed by atoms with van der Waals surface area (Å²) in [5.41, 5.74) is 0. The Balaban J connectivity index is -0.00000000762. The van der Waals surface area contributed by atoms with Crippen LogP contribution >= 0.6 is 0 Å². The highest BCUT2D eigenvalue weighted by Gasteiger charge is 0.607. The van der Waals surface area contributed by atoms with Crippen LogP contribution in [0.15, 0.2) is 52.6 Å². The molecule has 0 unspecified atom stereocenters. The number of hydrogen-bond acceptors (Lipinski definition) is 0. The van der Waals surface area contributed by atoms with Gasteiger partial charge in [0, 0.05) is 0 Å². The fraction of sp³-hybridized carbons (Fsp3) is 0. The standard InChI is InChI=1S/4C2H4.FH/c4*1-2;/h4*1-2H2;1H/p-1. The monoisotopic (exact) mass is 131 g/mol. The summed E-state index contributed by atoms with van der Waals surface area (Å²) in [6.07, 6.45) is 0. The molecule has 0 aliphatic carbocycles. The molecule has 0 N–H and O–H groups in total. The molecule has 0 aromatic heterocycles. The van der Waals surface area contributed by atoms with Crippen LogP contribution in [0.1, 0.15) is 0 Å². The maximum Gasteiger partial charge on any atom is -0.106 e. The predicted octanol–water partition coefficient (Wildman–Crippen LogP) is 0.213. The Hall–Kier alpha value is -1.11. The van der Waals surface area contributed by atoms with Crippen LogP contribution in [0.25, 0.3) is 0 Å². The van der Waals surface area contributed by atoms with Gasteiger partial charge in [-0.2, -0.15) is 0 Å². The second-order valence-electron chi connectivity index (χ2n) is 0. The summed E-state index contributed by atoms with van der Waals surface area (Å²) in [5.74, 6) is 0. The maximum absolute atomic E-state index is 3.00. The van der Waals surface area contributed by atoms with E-state index in [-0.39, 0.29) is 4.70 Å². The summed E-state index contributed by atoms with van der Waals surface area (Å²) in [6, 6.07) is 0. The van der Waals surface area contributed by atoms with E-state index in [9.17, 15) is 0 Å². The molecule has 0 radical (unpaired) electrons. The lowest BCUT2D eigenvalue weighted by molar-refractivity contribution is -0.00000189. The average molecular weight is 131 g/mol. The van der Waals surface area contributed by atoms with Crippen molar-refractivity contribution < 1.29 is 4.70 Å². The molecule has 0 atom stereocenters. The summed E-state index contributed by atoms with van der Waals surface area (Å²) < 4.78 is 0. The first-order valence-corrected chi connectivity index (χ1v) is 2.00. The number of rotatable bonds is 0. The first-order valence-electron chi connectivity index (χ1n) is 2.00. The minimum absolute atomic E-state index is 0. The molecule has 0 aliphatic rings. The molecule has 0 saturated heterocycles. The molecule has 56 valence electrons. The fourth-order valence-electron chi connectivity index (χ4n) is 0. The van der Waals surface area contributed by atoms with E-state index >= 15 is 0 Å². The van der Waals surface area contributed by atoms with E-state index < -0.39 is 0 Å². The van der Waals surface area contributed by atoms with Crippen LogP contribution in [0.3, 0.4) is 0 Å². The normalized spacial score (nSPS) is 1.78. The minimum Gasteiger partial charge on any atom is -1.00 e. The van der Waals surface area contributed by atoms with Gasteiger partial charge in [-0.1, -0.05) is 0 Å². The molecular weight excluding hydrogens is 115 g/mol. The van der Waals surface area contributed by atoms with Crippen LogP contribution in [0, 0.1) is 0 Å². The summed E-state index contributed by atoms with van der Waals surface area (Å²) in [4.78, 5) is 0. The molecule has 0 saturated carbocycles. The molecule has 0 heterocycles. The van der Waals surface area contributed by atoms with Crippen LogP contribution in [0.5, 0.6) is 0 Å². The van der Waals surface area contributed by atoms with E-state index in [0.29, 0.717) is 0 Å². The second kappa shape index (κ2) is 194. The smallest absolute Gasteiger partial charge is 0.106 e. The van der Waals surface area contributed by atoms with Crippen molar-refractivity contribution in [2.24, 2.45) is 0 Å². The van der Waals surface area contributed by atoms with E-state index in [1.807, 2.05) is 0 Å². The van der Waals surface area contributed by atoms with Gasteiger partial charge in [-0.15, -0.1) is 52.6 Å². The van der Waals surface area contributed by atoms with Crippen LogP contribution in [0.2, 0.25) is 0 Å². The van der Waals surface area contributed by atoms with Crippen molar-refractivity contribution in [3.05, 3.63) is 52.6 Å². The zero-order valence-corrected chi connectivity index (χ0v) is 6.03. The first kappa shape index (κ1) is 44.8. The molecule has 0 bridgehead atoms. The van der Waals surface area contributed by atoms with Gasteiger partial charge in [0.2, 0.25) is 0 Å². The van der Waals surface area contributed by atoms with Crippen LogP contribution < -0.4 is 4.70 Å². The highest BCUT2D eigenvalue weighted by molar-refractivity contribution is 4.23. The Morgan fingerprint density at radius 1 is 0.333 bits per heavy atom. The lowest BCUT2D eigenvalue weighted by atomic mass is 11.3. The van der Waals surface area contributed by atoms with Gasteiger partial charge in [0.1, 0.15) is 0 Å². The second-order valence-corrected chi connectivity index (χ2v) is 0. The molecule has 0 rings (SSSR count). The van der Waals surface area contributed by atoms with Gasteiger partial charge < -0.3 is 4.70 Å². The van der Waals surface area contributed by atoms with Crippen molar-refractivity contribution >= 4 is 0 Å². The molecule has 0 spiro atoms. The van der Waals surface area contributed by atoms with Gasteiger partial charge in [-0.25, -0.2) is 0 Å². The topological polar surface area (TPSA) is 0 Å². The Bertz CT molecular complexity index is 12.5. The van der Waals surface area contributed by atoms with Gasteiger partial charge in [-0.3, -0.25) is 0 Å². The highest BCUT2D eigenvalue weighted by Crippen LogP contribution is 0.868. The van der Waals surface area contributed by atoms with E-state index in [4.69, 9.17) is 0 Å². The molecule has 0 aliphatic heterocycles. The van der Waals surface area contributed by atoms with Gasteiger partial charge in [0.15, 0.2) is 0 Å². The molecular formula is C8H16F-. The maximum atomic E-state index is 3.00. The molecule has 0 nitrogen and oxygen atoms in total. The van der Waals surface area contributed by atoms with Crippen molar-refractivity contribution in [1.82, 2.24) is 0 Å². The van der Waals surface area contributed by atoms with Gasteiger partial charge in [0.25, 0.3) is 0 Å². The molecule has 0 aromatic carbocycles. The molecule has 0 amide bonds. The summed E-state index contributed by atoms with van der Waals surface area (Å²) in [7, 11) is 0. The first-order chi connectivity index (χ1) is 4.00. The van der Waals surface area contributed by atoms with Crippen LogP contribution in [0.4, 0.5) is 0 Å². The summed E-state index contributed by atoms with van der Waals surface area (Å²) in [6.45, 7) is 24.0. The Morgan fingerprint density at radius 2 is 0.333 bits per heavy atom. The van der Waals surface area contributed by atoms with Gasteiger partial charge >= 0.3 is 0 Å². The fourth-order valence-corrected chi connectivity index (χ4v) is 0. The summed E-state index contributed by atoms with van der Waals surface area (Å²) in [5, 5.41) is 0. The van der Waals surface area contributed by atoms with E-state index in [2.05, 4.69) is 52.6 Å². The molecule has 1 heteroatoms. The number of hydrogen-bond donors (Lipinski definition) is 0. The highest BCUT2D eigenvalue weighted by atomic mass is 19.0. The predicted molar refractivity (Wildman–Crippen MR) is 45.0 cm³/mol. The van der Waals surface area contributed by atoms with E-state index in [1.54, 1.807) is 0 Å². The third-order valence-electron chi connectivity index (χ3n) is 0. The van der Waals surface area contributed by atoms with Crippen molar-refractivity contribution in [1.29, 1.82) is 0 Å². The van der Waals surface area contributed by atoms with Crippen molar-refractivity contribution in [2.75, 3.05) is 0 Å². The lowest BCUT2D eigenvalue weighted by Gasteiger charge is -1.00. The van der Waals surface area contributed by atoms with Gasteiger partial charge in [0.05, 0.1) is 0 Å². The van der Waals surface area contributed by atoms with Crippen LogP contribution in [-0.2, 0) is 0 Å². The molecule has 0 aromatic rings. The largest absolute Gasteiger partial charge is 1.00 e.